The fourth-order valence-corrected chi connectivity index (χ4v) is 1.48. The average Bonchev–Trinajstić information content (AvgIpc) is 2.29. The van der Waals surface area contributed by atoms with Crippen molar-refractivity contribution in [1.82, 2.24) is 9.55 Å². The molecule has 0 bridgehead atoms. The summed E-state index contributed by atoms with van der Waals surface area (Å²) in [4.78, 5) is 24.5. The third-order valence-corrected chi connectivity index (χ3v) is 2.39. The summed E-state index contributed by atoms with van der Waals surface area (Å²) in [6.45, 7) is -0.147. The fraction of sp³-hybridized carbons (Fsp3) is 0.0909. The van der Waals surface area contributed by atoms with Crippen LogP contribution in [-0.2, 0) is 6.54 Å². The van der Waals surface area contributed by atoms with Crippen molar-refractivity contribution in [2.24, 2.45) is 0 Å². The zero-order valence-corrected chi connectivity index (χ0v) is 9.11. The zero-order valence-electron chi connectivity index (χ0n) is 9.11. The molecule has 0 fully saturated rings. The van der Waals surface area contributed by atoms with Gasteiger partial charge in [0.1, 0.15) is 17.3 Å². The normalized spacial score (nSPS) is 10.6. The van der Waals surface area contributed by atoms with Gasteiger partial charge < -0.3 is 5.73 Å². The molecule has 0 aliphatic carbocycles. The van der Waals surface area contributed by atoms with Crippen LogP contribution in [0.5, 0.6) is 0 Å². The first-order chi connectivity index (χ1) is 8.47. The highest BCUT2D eigenvalue weighted by atomic mass is 19.1. The third kappa shape index (κ3) is 2.29. The molecule has 0 amide bonds. The van der Waals surface area contributed by atoms with Gasteiger partial charge in [-0.05, 0) is 6.07 Å². The minimum absolute atomic E-state index is 0.116. The summed E-state index contributed by atoms with van der Waals surface area (Å²) in [6.07, 6.45) is 1.12. The number of hydrogen-bond donors (Lipinski definition) is 2. The molecule has 2 rings (SSSR count). The topological polar surface area (TPSA) is 80.9 Å². The molecule has 0 radical (unpaired) electrons. The number of aromatic amines is 1. The van der Waals surface area contributed by atoms with E-state index in [0.29, 0.717) is 0 Å². The predicted octanol–water partition coefficient (Wildman–Crippen LogP) is 0.445. The second-order valence-electron chi connectivity index (χ2n) is 3.71. The Morgan fingerprint density at radius 1 is 1.28 bits per heavy atom. The molecule has 3 N–H and O–H groups in total. The number of rotatable bonds is 2. The molecular weight excluding hydrogens is 244 g/mol. The van der Waals surface area contributed by atoms with Gasteiger partial charge in [-0.2, -0.15) is 0 Å². The number of hydrogen-bond acceptors (Lipinski definition) is 3. The Hall–Kier alpha value is -2.44. The van der Waals surface area contributed by atoms with Gasteiger partial charge in [0.25, 0.3) is 5.56 Å². The van der Waals surface area contributed by atoms with Crippen LogP contribution >= 0.6 is 0 Å². The maximum Gasteiger partial charge on any atom is 0.328 e. The first-order valence-electron chi connectivity index (χ1n) is 5.00. The Kier molecular flexibility index (Phi) is 2.97. The van der Waals surface area contributed by atoms with E-state index in [-0.39, 0.29) is 17.8 Å². The van der Waals surface area contributed by atoms with Crippen LogP contribution in [0.25, 0.3) is 0 Å². The summed E-state index contributed by atoms with van der Waals surface area (Å²) in [5.74, 6) is -1.48. The first kappa shape index (κ1) is 12.0. The van der Waals surface area contributed by atoms with Crippen LogP contribution < -0.4 is 17.0 Å². The standard InChI is InChI=1S/C11H9F2N3O2/c12-7-2-1-6(8(13)3-7)4-16-5-9(14)10(17)15-11(16)18/h1-3,5H,4,14H2,(H,15,17,18). The quantitative estimate of drug-likeness (QED) is 0.815. The number of nitrogens with one attached hydrogen (secondary N) is 1. The van der Waals surface area contributed by atoms with E-state index in [1.807, 2.05) is 4.98 Å². The molecular formula is C11H9F2N3O2. The first-order valence-corrected chi connectivity index (χ1v) is 5.00. The number of anilines is 1. The van der Waals surface area contributed by atoms with E-state index in [0.717, 1.165) is 22.9 Å². The van der Waals surface area contributed by atoms with Crippen LogP contribution in [-0.4, -0.2) is 9.55 Å². The number of H-pyrrole nitrogens is 1. The minimum atomic E-state index is -0.772. The van der Waals surface area contributed by atoms with Crippen LogP contribution in [0, 0.1) is 11.6 Å². The minimum Gasteiger partial charge on any atom is -0.393 e. The molecule has 18 heavy (non-hydrogen) atoms. The Labute approximate surface area is 99.5 Å². The van der Waals surface area contributed by atoms with Crippen molar-refractivity contribution in [2.45, 2.75) is 6.54 Å². The maximum atomic E-state index is 13.4. The molecule has 0 saturated heterocycles. The number of nitrogens with zero attached hydrogens (tertiary/aromatic N) is 1. The van der Waals surface area contributed by atoms with Crippen molar-refractivity contribution < 1.29 is 8.78 Å². The van der Waals surface area contributed by atoms with Crippen molar-refractivity contribution >= 4 is 5.69 Å². The van der Waals surface area contributed by atoms with Gasteiger partial charge in [0, 0.05) is 17.8 Å². The number of nitrogens with two attached hydrogens (primary N) is 1. The van der Waals surface area contributed by atoms with E-state index in [4.69, 9.17) is 5.73 Å². The molecule has 0 atom stereocenters. The molecule has 1 aromatic heterocycles. The van der Waals surface area contributed by atoms with Gasteiger partial charge in [0.2, 0.25) is 0 Å². The number of benzene rings is 1. The van der Waals surface area contributed by atoms with Gasteiger partial charge in [-0.25, -0.2) is 13.6 Å². The van der Waals surface area contributed by atoms with Gasteiger partial charge in [-0.15, -0.1) is 0 Å². The summed E-state index contributed by atoms with van der Waals surface area (Å²) in [5.41, 5.74) is 3.90. The SMILES string of the molecule is Nc1cn(Cc2ccc(F)cc2F)c(=O)[nH]c1=O. The molecule has 2 aromatic rings. The highest BCUT2D eigenvalue weighted by Crippen LogP contribution is 2.10. The number of halogens is 2. The molecule has 1 heterocycles. The Morgan fingerprint density at radius 3 is 2.67 bits per heavy atom. The van der Waals surface area contributed by atoms with E-state index in [1.54, 1.807) is 0 Å². The average molecular weight is 253 g/mol. The zero-order chi connectivity index (χ0) is 13.3. The second-order valence-corrected chi connectivity index (χ2v) is 3.71. The van der Waals surface area contributed by atoms with Crippen LogP contribution in [0.15, 0.2) is 34.0 Å². The van der Waals surface area contributed by atoms with Crippen molar-refractivity contribution in [2.75, 3.05) is 5.73 Å². The van der Waals surface area contributed by atoms with Crippen molar-refractivity contribution in [3.8, 4) is 0 Å². The lowest BCUT2D eigenvalue weighted by Crippen LogP contribution is -2.31. The monoisotopic (exact) mass is 253 g/mol. The lowest BCUT2D eigenvalue weighted by atomic mass is 10.2. The molecule has 0 aliphatic rings. The number of nitrogen functional groups attached to an aromatic ring is 1. The molecule has 0 spiro atoms. The molecule has 1 aromatic carbocycles. The number of aromatic nitrogens is 2. The molecule has 0 unspecified atom stereocenters. The fourth-order valence-electron chi connectivity index (χ4n) is 1.48. The van der Waals surface area contributed by atoms with E-state index in [1.165, 1.54) is 6.07 Å². The summed E-state index contributed by atoms with van der Waals surface area (Å²) >= 11 is 0. The smallest absolute Gasteiger partial charge is 0.328 e. The van der Waals surface area contributed by atoms with Gasteiger partial charge in [-0.3, -0.25) is 14.3 Å². The highest BCUT2D eigenvalue weighted by molar-refractivity contribution is 5.30. The van der Waals surface area contributed by atoms with Crippen molar-refractivity contribution in [1.29, 1.82) is 0 Å². The van der Waals surface area contributed by atoms with Gasteiger partial charge in [-0.1, -0.05) is 6.07 Å². The maximum absolute atomic E-state index is 13.4. The van der Waals surface area contributed by atoms with Gasteiger partial charge in [0.15, 0.2) is 0 Å². The third-order valence-electron chi connectivity index (χ3n) is 2.39. The van der Waals surface area contributed by atoms with E-state index < -0.39 is 22.9 Å². The van der Waals surface area contributed by atoms with Gasteiger partial charge in [0.05, 0.1) is 6.54 Å². The van der Waals surface area contributed by atoms with Crippen LogP contribution in [0.4, 0.5) is 14.5 Å². The molecule has 7 heteroatoms. The van der Waals surface area contributed by atoms with E-state index in [9.17, 15) is 18.4 Å². The molecule has 5 nitrogen and oxygen atoms in total. The Bertz CT molecular complexity index is 706. The largest absolute Gasteiger partial charge is 0.393 e. The van der Waals surface area contributed by atoms with E-state index >= 15 is 0 Å². The Balaban J connectivity index is 2.43. The Morgan fingerprint density at radius 2 is 2.00 bits per heavy atom. The summed E-state index contributed by atoms with van der Waals surface area (Å²) in [5, 5.41) is 0. The van der Waals surface area contributed by atoms with Crippen LogP contribution in [0.3, 0.4) is 0 Å². The van der Waals surface area contributed by atoms with Crippen molar-refractivity contribution in [3.63, 3.8) is 0 Å². The lowest BCUT2D eigenvalue weighted by Gasteiger charge is -2.07. The predicted molar refractivity (Wildman–Crippen MR) is 61.2 cm³/mol. The van der Waals surface area contributed by atoms with Crippen molar-refractivity contribution in [3.05, 3.63) is 62.4 Å². The van der Waals surface area contributed by atoms with Crippen LogP contribution in [0.2, 0.25) is 0 Å². The van der Waals surface area contributed by atoms with Crippen LogP contribution in [0.1, 0.15) is 5.56 Å². The lowest BCUT2D eigenvalue weighted by molar-refractivity contribution is 0.563. The second kappa shape index (κ2) is 4.44. The summed E-state index contributed by atoms with van der Waals surface area (Å²) in [7, 11) is 0. The van der Waals surface area contributed by atoms with Gasteiger partial charge >= 0.3 is 5.69 Å². The molecule has 94 valence electrons. The summed E-state index contributed by atoms with van der Waals surface area (Å²) < 4.78 is 27.1. The molecule has 0 saturated carbocycles. The highest BCUT2D eigenvalue weighted by Gasteiger charge is 2.07. The molecule has 0 aliphatic heterocycles. The van der Waals surface area contributed by atoms with E-state index in [2.05, 4.69) is 0 Å². The summed E-state index contributed by atoms with van der Waals surface area (Å²) in [6, 6.07) is 3.02.